The number of nitrogens with one attached hydrogen (secondary N) is 1. The van der Waals surface area contributed by atoms with Gasteiger partial charge in [0.15, 0.2) is 5.88 Å². The summed E-state index contributed by atoms with van der Waals surface area (Å²) in [7, 11) is 0. The van der Waals surface area contributed by atoms with E-state index in [2.05, 4.69) is 5.32 Å². The lowest BCUT2D eigenvalue weighted by molar-refractivity contribution is 0.585. The summed E-state index contributed by atoms with van der Waals surface area (Å²) in [5.74, 6) is 0.400. The van der Waals surface area contributed by atoms with Crippen molar-refractivity contribution < 1.29 is 8.81 Å². The maximum atomic E-state index is 12.5. The predicted molar refractivity (Wildman–Crippen MR) is 48.4 cm³/mol. The zero-order valence-electron chi connectivity index (χ0n) is 6.83. The Balaban J connectivity index is 2.15. The molecular formula is C10H8FNO. The number of anilines is 2. The molecule has 0 saturated carbocycles. The van der Waals surface area contributed by atoms with E-state index in [0.29, 0.717) is 5.88 Å². The smallest absolute Gasteiger partial charge is 0.196 e. The standard InChI is InChI=1S/C10H8FNO/c11-8-3-5-9(6-4-8)12-10-2-1-7-13-10/h1-7,12H. The second kappa shape index (κ2) is 3.31. The normalized spacial score (nSPS) is 9.92. The van der Waals surface area contributed by atoms with Crippen LogP contribution in [0, 0.1) is 5.82 Å². The molecule has 1 heterocycles. The summed E-state index contributed by atoms with van der Waals surface area (Å²) in [5.41, 5.74) is 0.802. The number of furan rings is 1. The number of rotatable bonds is 2. The first-order chi connectivity index (χ1) is 6.34. The van der Waals surface area contributed by atoms with Crippen LogP contribution in [0.1, 0.15) is 0 Å². The highest BCUT2D eigenvalue weighted by Crippen LogP contribution is 2.16. The molecule has 0 unspecified atom stereocenters. The Morgan fingerprint density at radius 3 is 2.46 bits per heavy atom. The van der Waals surface area contributed by atoms with E-state index >= 15 is 0 Å². The van der Waals surface area contributed by atoms with E-state index in [0.717, 1.165) is 5.69 Å². The lowest BCUT2D eigenvalue weighted by atomic mass is 10.3. The first-order valence-corrected chi connectivity index (χ1v) is 3.91. The molecule has 2 nitrogen and oxygen atoms in total. The van der Waals surface area contributed by atoms with Gasteiger partial charge in [0.25, 0.3) is 0 Å². The number of hydrogen-bond donors (Lipinski definition) is 1. The topological polar surface area (TPSA) is 25.2 Å². The van der Waals surface area contributed by atoms with Gasteiger partial charge in [-0.25, -0.2) is 4.39 Å². The number of halogens is 1. The van der Waals surface area contributed by atoms with Gasteiger partial charge in [0.2, 0.25) is 0 Å². The highest BCUT2D eigenvalue weighted by Gasteiger charge is 1.95. The van der Waals surface area contributed by atoms with E-state index in [4.69, 9.17) is 4.42 Å². The van der Waals surface area contributed by atoms with Crippen LogP contribution in [0.15, 0.2) is 47.1 Å². The monoisotopic (exact) mass is 177 g/mol. The van der Waals surface area contributed by atoms with Crippen molar-refractivity contribution in [3.63, 3.8) is 0 Å². The van der Waals surface area contributed by atoms with Crippen molar-refractivity contribution >= 4 is 11.6 Å². The molecule has 2 rings (SSSR count). The molecule has 0 saturated heterocycles. The molecule has 66 valence electrons. The Bertz CT molecular complexity index is 366. The molecule has 13 heavy (non-hydrogen) atoms. The predicted octanol–water partition coefficient (Wildman–Crippen LogP) is 3.16. The quantitative estimate of drug-likeness (QED) is 0.762. The lowest BCUT2D eigenvalue weighted by Crippen LogP contribution is -1.87. The van der Waals surface area contributed by atoms with Gasteiger partial charge >= 0.3 is 0 Å². The minimum Gasteiger partial charge on any atom is -0.449 e. The van der Waals surface area contributed by atoms with Crippen molar-refractivity contribution in [1.29, 1.82) is 0 Å². The van der Waals surface area contributed by atoms with Crippen LogP contribution in [-0.4, -0.2) is 0 Å². The molecule has 0 radical (unpaired) electrons. The van der Waals surface area contributed by atoms with Crippen molar-refractivity contribution in [2.24, 2.45) is 0 Å². The van der Waals surface area contributed by atoms with Crippen molar-refractivity contribution in [2.75, 3.05) is 5.32 Å². The molecule has 0 amide bonds. The molecule has 0 aliphatic carbocycles. The summed E-state index contributed by atoms with van der Waals surface area (Å²) in [6.07, 6.45) is 1.58. The van der Waals surface area contributed by atoms with Gasteiger partial charge in [-0.05, 0) is 30.3 Å². The second-order valence-corrected chi connectivity index (χ2v) is 2.61. The van der Waals surface area contributed by atoms with E-state index < -0.39 is 0 Å². The third-order valence-electron chi connectivity index (χ3n) is 1.63. The van der Waals surface area contributed by atoms with Gasteiger partial charge in [0, 0.05) is 11.8 Å². The summed E-state index contributed by atoms with van der Waals surface area (Å²) >= 11 is 0. The van der Waals surface area contributed by atoms with Crippen molar-refractivity contribution in [2.45, 2.75) is 0 Å². The Kier molecular flexibility index (Phi) is 2.00. The lowest BCUT2D eigenvalue weighted by Gasteiger charge is -2.01. The fraction of sp³-hybridized carbons (Fsp3) is 0. The van der Waals surface area contributed by atoms with Crippen molar-refractivity contribution in [1.82, 2.24) is 0 Å². The Morgan fingerprint density at radius 2 is 1.85 bits per heavy atom. The fourth-order valence-corrected chi connectivity index (χ4v) is 1.03. The van der Waals surface area contributed by atoms with Crippen LogP contribution in [0.5, 0.6) is 0 Å². The largest absolute Gasteiger partial charge is 0.449 e. The third-order valence-corrected chi connectivity index (χ3v) is 1.63. The Morgan fingerprint density at radius 1 is 1.08 bits per heavy atom. The summed E-state index contributed by atoms with van der Waals surface area (Å²) in [4.78, 5) is 0. The number of benzene rings is 1. The van der Waals surface area contributed by atoms with Gasteiger partial charge in [-0.1, -0.05) is 0 Å². The van der Waals surface area contributed by atoms with Crippen LogP contribution in [0.3, 0.4) is 0 Å². The summed E-state index contributed by atoms with van der Waals surface area (Å²) < 4.78 is 17.6. The minimum absolute atomic E-state index is 0.245. The zero-order chi connectivity index (χ0) is 9.10. The van der Waals surface area contributed by atoms with Gasteiger partial charge in [0.05, 0.1) is 6.26 Å². The molecule has 0 spiro atoms. The van der Waals surface area contributed by atoms with Gasteiger partial charge in [-0.2, -0.15) is 0 Å². The molecule has 1 N–H and O–H groups in total. The average Bonchev–Trinajstić information content (AvgIpc) is 2.62. The molecular weight excluding hydrogens is 169 g/mol. The van der Waals surface area contributed by atoms with E-state index in [-0.39, 0.29) is 5.82 Å². The van der Waals surface area contributed by atoms with Crippen LogP contribution < -0.4 is 5.32 Å². The summed E-state index contributed by atoms with van der Waals surface area (Å²) in [5, 5.41) is 2.98. The van der Waals surface area contributed by atoms with Gasteiger partial charge in [0.1, 0.15) is 5.82 Å². The molecule has 0 aliphatic rings. The molecule has 0 atom stereocenters. The second-order valence-electron chi connectivity index (χ2n) is 2.61. The zero-order valence-corrected chi connectivity index (χ0v) is 6.83. The van der Waals surface area contributed by atoms with Gasteiger partial charge < -0.3 is 9.73 Å². The molecule has 1 aromatic heterocycles. The van der Waals surface area contributed by atoms with E-state index in [1.807, 2.05) is 0 Å². The maximum Gasteiger partial charge on any atom is 0.196 e. The average molecular weight is 177 g/mol. The SMILES string of the molecule is Fc1ccc(Nc2ccco2)cc1. The molecule has 0 fully saturated rings. The number of hydrogen-bond acceptors (Lipinski definition) is 2. The summed E-state index contributed by atoms with van der Waals surface area (Å²) in [6.45, 7) is 0. The molecule has 3 heteroatoms. The van der Waals surface area contributed by atoms with Crippen molar-refractivity contribution in [3.8, 4) is 0 Å². The minimum atomic E-state index is -0.245. The maximum absolute atomic E-state index is 12.5. The van der Waals surface area contributed by atoms with Crippen molar-refractivity contribution in [3.05, 3.63) is 48.5 Å². The van der Waals surface area contributed by atoms with Crippen LogP contribution in [-0.2, 0) is 0 Å². The molecule has 0 aliphatic heterocycles. The van der Waals surface area contributed by atoms with Crippen LogP contribution in [0.2, 0.25) is 0 Å². The molecule has 2 aromatic rings. The van der Waals surface area contributed by atoms with Gasteiger partial charge in [-0.3, -0.25) is 0 Å². The Labute approximate surface area is 75.0 Å². The van der Waals surface area contributed by atoms with E-state index in [1.54, 1.807) is 30.5 Å². The molecule has 1 aromatic carbocycles. The highest BCUT2D eigenvalue weighted by atomic mass is 19.1. The highest BCUT2D eigenvalue weighted by molar-refractivity contribution is 5.54. The third kappa shape index (κ3) is 1.87. The van der Waals surface area contributed by atoms with Crippen LogP contribution >= 0.6 is 0 Å². The van der Waals surface area contributed by atoms with Gasteiger partial charge in [-0.15, -0.1) is 0 Å². The first-order valence-electron chi connectivity index (χ1n) is 3.91. The van der Waals surface area contributed by atoms with Crippen LogP contribution in [0.4, 0.5) is 16.0 Å². The van der Waals surface area contributed by atoms with E-state index in [1.165, 1.54) is 12.1 Å². The summed E-state index contributed by atoms with van der Waals surface area (Å²) in [6, 6.07) is 9.67. The molecule has 0 bridgehead atoms. The fourth-order valence-electron chi connectivity index (χ4n) is 1.03. The van der Waals surface area contributed by atoms with Crippen LogP contribution in [0.25, 0.3) is 0 Å². The Hall–Kier alpha value is -1.77. The van der Waals surface area contributed by atoms with E-state index in [9.17, 15) is 4.39 Å². The first kappa shape index (κ1) is 7.86.